The van der Waals surface area contributed by atoms with Crippen LogP contribution in [0.4, 0.5) is 0 Å². The second kappa shape index (κ2) is 29.7. The number of aromatic amines is 2. The van der Waals surface area contributed by atoms with Crippen molar-refractivity contribution in [2.24, 2.45) is 0 Å². The molecular weight excluding hydrogens is 1070 g/mol. The summed E-state index contributed by atoms with van der Waals surface area (Å²) in [5, 5.41) is 0. The Hall–Kier alpha value is -7.56. The number of hydrogen-bond acceptors (Lipinski definition) is 12. The summed E-state index contributed by atoms with van der Waals surface area (Å²) in [7, 11) is 0. The molecule has 0 amide bonds. The molecule has 3 aromatic heterocycles. The molecule has 5 aliphatic rings. The van der Waals surface area contributed by atoms with E-state index in [0.717, 1.165) is 217 Å². The summed E-state index contributed by atoms with van der Waals surface area (Å²) < 4.78 is 42.1. The molecule has 3 fully saturated rings. The minimum absolute atomic E-state index is 0.596. The lowest BCUT2D eigenvalue weighted by Crippen LogP contribution is -2.38. The molecule has 14 nitrogen and oxygen atoms in total. The fourth-order valence-corrected chi connectivity index (χ4v) is 12.1. The number of morpholine rings is 3. The van der Waals surface area contributed by atoms with Gasteiger partial charge in [0.1, 0.15) is 42.8 Å². The molecule has 7 aromatic rings. The molecule has 8 heterocycles. The lowest BCUT2D eigenvalue weighted by Gasteiger charge is -2.26. The largest absolute Gasteiger partial charge is 0.494 e. The summed E-state index contributed by atoms with van der Waals surface area (Å²) in [5.74, 6) is 3.33. The van der Waals surface area contributed by atoms with E-state index in [4.69, 9.17) is 43.1 Å². The van der Waals surface area contributed by atoms with Crippen LogP contribution in [0.25, 0.3) is 90.9 Å². The van der Waals surface area contributed by atoms with Crippen LogP contribution in [0.5, 0.6) is 23.0 Å². The van der Waals surface area contributed by atoms with Gasteiger partial charge in [-0.05, 0) is 126 Å². The van der Waals surface area contributed by atoms with Crippen LogP contribution < -0.4 is 18.9 Å². The quantitative estimate of drug-likeness (QED) is 0.0500. The average Bonchev–Trinajstić information content (AvgIpc) is 2.24. The minimum atomic E-state index is 0.596. The van der Waals surface area contributed by atoms with E-state index in [9.17, 15) is 0 Å². The van der Waals surface area contributed by atoms with Crippen molar-refractivity contribution in [3.8, 4) is 67.5 Å². The standard InChI is InChI=1S/C72H83N7O7/c1-2-3-4-5-6-7-8-9-43-83-57-18-10-53(11-19-57)69-61-26-28-63(73-61)70(54-12-20-58(21-13-54)84-50-40-77-34-44-80-45-35-77)65-30-32-67(75-65)72(56-16-24-60(25-17-56)86-52-42-79-38-48-82-49-39-79)68-33-31-66(76-68)71(64-29-27-62(69)74-64)55-14-22-59(23-15-55)85-51-41-78-36-46-81-47-37-78/h10-33,73-74H,2-9,34-52H2,1H3. The number of ether oxygens (including phenoxy) is 7. The third-order valence-corrected chi connectivity index (χ3v) is 16.9. The summed E-state index contributed by atoms with van der Waals surface area (Å²) in [6.45, 7) is 17.5. The Kier molecular flexibility index (Phi) is 20.3. The molecule has 14 heteroatoms. The SMILES string of the molecule is CCCCCCCCCCOc1ccc(-c2c3ccc([nH]3)c(-c3ccc(OCCN4CCOCC4)cc3)c3nc(c(-c4ccc(OCCN5CCOCC5)cc4)c4nc(c(-c5ccc(OCCN6CCOCC6)cc5)c5ccc2[nH]5)C=C4)C=C3)cc1. The molecule has 0 atom stereocenters. The van der Waals surface area contributed by atoms with Crippen molar-refractivity contribution in [3.05, 3.63) is 144 Å². The number of H-pyrrole nitrogens is 2. The van der Waals surface area contributed by atoms with Crippen molar-refractivity contribution < 1.29 is 33.2 Å². The van der Waals surface area contributed by atoms with Crippen LogP contribution in [0.15, 0.2) is 121 Å². The van der Waals surface area contributed by atoms with Gasteiger partial charge in [-0.1, -0.05) is 100 Å². The Morgan fingerprint density at radius 2 is 0.628 bits per heavy atom. The number of fused-ring (bicyclic) bond motifs is 8. The van der Waals surface area contributed by atoms with Gasteiger partial charge in [0.15, 0.2) is 0 Å². The zero-order valence-electron chi connectivity index (χ0n) is 50.0. The van der Waals surface area contributed by atoms with Crippen molar-refractivity contribution in [3.63, 3.8) is 0 Å². The summed E-state index contributed by atoms with van der Waals surface area (Å²) >= 11 is 0. The Bertz CT molecular complexity index is 3370. The van der Waals surface area contributed by atoms with Gasteiger partial charge < -0.3 is 43.1 Å². The molecule has 4 aromatic carbocycles. The molecule has 0 saturated carbocycles. The Balaban J connectivity index is 0.955. The van der Waals surface area contributed by atoms with Crippen LogP contribution in [-0.4, -0.2) is 160 Å². The van der Waals surface area contributed by atoms with E-state index in [2.05, 4.69) is 177 Å². The van der Waals surface area contributed by atoms with Crippen LogP contribution >= 0.6 is 0 Å². The Labute approximate surface area is 506 Å². The van der Waals surface area contributed by atoms with Crippen molar-refractivity contribution in [2.75, 3.05) is 125 Å². The highest BCUT2D eigenvalue weighted by atomic mass is 16.5. The molecule has 448 valence electrons. The summed E-state index contributed by atoms with van der Waals surface area (Å²) in [4.78, 5) is 26.2. The maximum absolute atomic E-state index is 6.36. The molecule has 3 saturated heterocycles. The summed E-state index contributed by atoms with van der Waals surface area (Å²) in [6, 6.07) is 42.6. The third kappa shape index (κ3) is 15.2. The van der Waals surface area contributed by atoms with Gasteiger partial charge in [0.25, 0.3) is 0 Å². The number of nitrogens with zero attached hydrogens (tertiary/aromatic N) is 5. The van der Waals surface area contributed by atoms with Gasteiger partial charge in [0.2, 0.25) is 0 Å². The predicted octanol–water partition coefficient (Wildman–Crippen LogP) is 14.0. The van der Waals surface area contributed by atoms with Gasteiger partial charge >= 0.3 is 0 Å². The molecule has 2 N–H and O–H groups in total. The summed E-state index contributed by atoms with van der Waals surface area (Å²) in [5.41, 5.74) is 15.0. The predicted molar refractivity (Wildman–Crippen MR) is 347 cm³/mol. The monoisotopic (exact) mass is 1160 g/mol. The second-order valence-electron chi connectivity index (χ2n) is 22.8. The van der Waals surface area contributed by atoms with Gasteiger partial charge in [-0.2, -0.15) is 0 Å². The second-order valence-corrected chi connectivity index (χ2v) is 22.8. The Morgan fingerprint density at radius 1 is 0.337 bits per heavy atom. The zero-order valence-corrected chi connectivity index (χ0v) is 50.0. The molecular formula is C72H83N7O7. The maximum atomic E-state index is 6.36. The van der Waals surface area contributed by atoms with E-state index in [-0.39, 0.29) is 0 Å². The van der Waals surface area contributed by atoms with Gasteiger partial charge in [-0.25, -0.2) is 9.97 Å². The number of aromatic nitrogens is 4. The highest BCUT2D eigenvalue weighted by Gasteiger charge is 2.21. The first kappa shape index (κ1) is 58.8. The average molecular weight is 1160 g/mol. The first-order valence-electron chi connectivity index (χ1n) is 31.6. The molecule has 8 bridgehead atoms. The highest BCUT2D eigenvalue weighted by molar-refractivity contribution is 6.00. The first-order valence-corrected chi connectivity index (χ1v) is 31.6. The fraction of sp³-hybridized carbons (Fsp3) is 0.389. The highest BCUT2D eigenvalue weighted by Crippen LogP contribution is 2.40. The van der Waals surface area contributed by atoms with E-state index >= 15 is 0 Å². The maximum Gasteiger partial charge on any atom is 0.119 e. The topological polar surface area (TPSA) is 132 Å². The molecule has 0 unspecified atom stereocenters. The molecule has 86 heavy (non-hydrogen) atoms. The number of rotatable bonds is 26. The molecule has 5 aliphatic heterocycles. The van der Waals surface area contributed by atoms with Gasteiger partial charge in [0, 0.05) is 103 Å². The van der Waals surface area contributed by atoms with Gasteiger partial charge in [-0.3, -0.25) is 14.7 Å². The van der Waals surface area contributed by atoms with Crippen LogP contribution in [0, 0.1) is 0 Å². The number of nitrogens with one attached hydrogen (secondary N) is 2. The van der Waals surface area contributed by atoms with Crippen molar-refractivity contribution in [1.82, 2.24) is 34.6 Å². The third-order valence-electron chi connectivity index (χ3n) is 16.9. The zero-order chi connectivity index (χ0) is 58.1. The number of hydrogen-bond donors (Lipinski definition) is 2. The molecule has 0 aliphatic carbocycles. The lowest BCUT2D eigenvalue weighted by atomic mass is 10.0. The van der Waals surface area contributed by atoms with Gasteiger partial charge in [-0.15, -0.1) is 0 Å². The minimum Gasteiger partial charge on any atom is -0.494 e. The van der Waals surface area contributed by atoms with E-state index in [1.807, 2.05) is 0 Å². The van der Waals surface area contributed by atoms with E-state index in [0.29, 0.717) is 26.4 Å². The van der Waals surface area contributed by atoms with Crippen LogP contribution in [0.3, 0.4) is 0 Å². The van der Waals surface area contributed by atoms with Crippen molar-refractivity contribution in [2.45, 2.75) is 58.3 Å². The molecule has 0 radical (unpaired) electrons. The number of unbranched alkanes of at least 4 members (excludes halogenated alkanes) is 7. The lowest BCUT2D eigenvalue weighted by molar-refractivity contribution is 0.0321. The van der Waals surface area contributed by atoms with Crippen LogP contribution in [0.1, 0.15) is 81.1 Å². The molecule has 0 spiro atoms. The van der Waals surface area contributed by atoms with E-state index in [1.165, 1.54) is 44.9 Å². The van der Waals surface area contributed by atoms with Crippen LogP contribution in [-0.2, 0) is 14.2 Å². The van der Waals surface area contributed by atoms with Crippen molar-refractivity contribution >= 4 is 46.4 Å². The van der Waals surface area contributed by atoms with E-state index in [1.54, 1.807) is 0 Å². The van der Waals surface area contributed by atoms with Gasteiger partial charge in [0.05, 0.1) is 69.0 Å². The van der Waals surface area contributed by atoms with Crippen LogP contribution in [0.2, 0.25) is 0 Å². The first-order chi connectivity index (χ1) is 42.6. The van der Waals surface area contributed by atoms with E-state index < -0.39 is 0 Å². The normalized spacial score (nSPS) is 15.7. The summed E-state index contributed by atoms with van der Waals surface area (Å²) in [6.07, 6.45) is 18.6. The Morgan fingerprint density at radius 3 is 0.988 bits per heavy atom. The smallest absolute Gasteiger partial charge is 0.119 e. The number of benzene rings is 4. The molecule has 12 rings (SSSR count). The fourth-order valence-electron chi connectivity index (χ4n) is 12.1. The van der Waals surface area contributed by atoms with Crippen molar-refractivity contribution in [1.29, 1.82) is 0 Å².